The summed E-state index contributed by atoms with van der Waals surface area (Å²) in [6.07, 6.45) is 0.403. The van der Waals surface area contributed by atoms with E-state index in [0.29, 0.717) is 13.0 Å². The van der Waals surface area contributed by atoms with Gasteiger partial charge in [0.25, 0.3) is 11.8 Å². The third-order valence-corrected chi connectivity index (χ3v) is 11.5. The summed E-state index contributed by atoms with van der Waals surface area (Å²) < 4.78 is 11.4. The standard InChI is InChI=1S/C30H31BrN2O4S2/c1-32-28(35)30(20-37-19-23-7-5-4-6-8-23)33(2)27(34)29(32,17-21-9-11-22(18-31)12-10-21)38-26(39-30)24-13-15-25(36-3)16-14-24/h4-16,26H,17-20H2,1-3H3. The lowest BCUT2D eigenvalue weighted by atomic mass is 9.97. The summed E-state index contributed by atoms with van der Waals surface area (Å²) in [4.78, 5) is 29.6. The van der Waals surface area contributed by atoms with Gasteiger partial charge in [0.1, 0.15) is 5.75 Å². The van der Waals surface area contributed by atoms with Crippen molar-refractivity contribution in [1.82, 2.24) is 9.80 Å². The van der Waals surface area contributed by atoms with Gasteiger partial charge in [0.2, 0.25) is 0 Å². The van der Waals surface area contributed by atoms with Crippen molar-refractivity contribution in [1.29, 1.82) is 0 Å². The molecule has 3 unspecified atom stereocenters. The van der Waals surface area contributed by atoms with Crippen LogP contribution in [0.25, 0.3) is 0 Å². The van der Waals surface area contributed by atoms with Gasteiger partial charge in [-0.3, -0.25) is 9.59 Å². The molecule has 39 heavy (non-hydrogen) atoms. The molecule has 204 valence electrons. The Bertz CT molecular complexity index is 1330. The summed E-state index contributed by atoms with van der Waals surface area (Å²) in [5.41, 5.74) is 4.19. The number of nitrogens with zero attached hydrogens (tertiary/aromatic N) is 2. The van der Waals surface area contributed by atoms with E-state index in [0.717, 1.165) is 33.3 Å². The number of hydrogen-bond donors (Lipinski definition) is 0. The van der Waals surface area contributed by atoms with Gasteiger partial charge in [-0.2, -0.15) is 0 Å². The number of benzene rings is 3. The summed E-state index contributed by atoms with van der Waals surface area (Å²) in [5, 5.41) is 0.759. The second-order valence-corrected chi connectivity index (χ2v) is 13.4. The lowest BCUT2D eigenvalue weighted by molar-refractivity contribution is -0.166. The zero-order chi connectivity index (χ0) is 27.6. The van der Waals surface area contributed by atoms with E-state index in [1.807, 2.05) is 66.7 Å². The molecular formula is C30H31BrN2O4S2. The molecule has 3 heterocycles. The minimum Gasteiger partial charge on any atom is -0.497 e. The summed E-state index contributed by atoms with van der Waals surface area (Å²) in [6.45, 7) is 0.439. The largest absolute Gasteiger partial charge is 0.497 e. The van der Waals surface area contributed by atoms with E-state index in [2.05, 4.69) is 28.1 Å². The van der Waals surface area contributed by atoms with Crippen molar-refractivity contribution in [2.24, 2.45) is 0 Å². The molecule has 3 atom stereocenters. The molecule has 2 amide bonds. The molecule has 6 rings (SSSR count). The fourth-order valence-corrected chi connectivity index (χ4v) is 9.18. The zero-order valence-electron chi connectivity index (χ0n) is 22.1. The third-order valence-electron chi connectivity index (χ3n) is 7.38. The highest BCUT2D eigenvalue weighted by molar-refractivity contribution is 9.08. The number of alkyl halides is 1. The first-order valence-corrected chi connectivity index (χ1v) is 15.5. The first-order valence-electron chi connectivity index (χ1n) is 12.6. The van der Waals surface area contributed by atoms with Gasteiger partial charge in [0.15, 0.2) is 9.74 Å². The maximum atomic E-state index is 14.3. The minimum absolute atomic E-state index is 0.0845. The quantitative estimate of drug-likeness (QED) is 0.278. The van der Waals surface area contributed by atoms with Gasteiger partial charge >= 0.3 is 0 Å². The predicted octanol–water partition coefficient (Wildman–Crippen LogP) is 5.85. The maximum Gasteiger partial charge on any atom is 0.262 e. The van der Waals surface area contributed by atoms with Gasteiger partial charge in [0.05, 0.1) is 24.9 Å². The molecule has 3 fully saturated rings. The molecule has 0 saturated carbocycles. The molecule has 0 aliphatic carbocycles. The topological polar surface area (TPSA) is 59.1 Å². The summed E-state index contributed by atoms with van der Waals surface area (Å²) in [6, 6.07) is 25.9. The second kappa shape index (κ2) is 11.6. The van der Waals surface area contributed by atoms with Gasteiger partial charge < -0.3 is 19.3 Å². The van der Waals surface area contributed by atoms with E-state index in [1.54, 1.807) is 31.0 Å². The highest BCUT2D eigenvalue weighted by Gasteiger charge is 2.66. The van der Waals surface area contributed by atoms with Crippen LogP contribution in [-0.2, 0) is 32.7 Å². The number of thioether (sulfide) groups is 2. The van der Waals surface area contributed by atoms with E-state index in [4.69, 9.17) is 9.47 Å². The molecular weight excluding hydrogens is 596 g/mol. The molecule has 6 nitrogen and oxygen atoms in total. The van der Waals surface area contributed by atoms with E-state index >= 15 is 0 Å². The van der Waals surface area contributed by atoms with Crippen molar-refractivity contribution in [3.63, 3.8) is 0 Å². The van der Waals surface area contributed by atoms with Gasteiger partial charge in [-0.25, -0.2) is 0 Å². The van der Waals surface area contributed by atoms with Crippen LogP contribution in [0.2, 0.25) is 0 Å². The molecule has 2 bridgehead atoms. The summed E-state index contributed by atoms with van der Waals surface area (Å²) >= 11 is 6.52. The number of amides is 2. The van der Waals surface area contributed by atoms with E-state index in [1.165, 1.54) is 23.5 Å². The van der Waals surface area contributed by atoms with E-state index in [9.17, 15) is 9.59 Å². The van der Waals surface area contributed by atoms with E-state index in [-0.39, 0.29) is 23.0 Å². The van der Waals surface area contributed by atoms with Crippen molar-refractivity contribution in [3.8, 4) is 5.75 Å². The van der Waals surface area contributed by atoms with Crippen LogP contribution in [0.1, 0.15) is 26.8 Å². The van der Waals surface area contributed by atoms with Gasteiger partial charge in [-0.05, 0) is 34.4 Å². The highest BCUT2D eigenvalue weighted by Crippen LogP contribution is 2.61. The van der Waals surface area contributed by atoms with Crippen LogP contribution in [0.4, 0.5) is 0 Å². The van der Waals surface area contributed by atoms with Gasteiger partial charge in [0, 0.05) is 25.8 Å². The maximum absolute atomic E-state index is 14.3. The van der Waals surface area contributed by atoms with Crippen molar-refractivity contribution in [2.75, 3.05) is 27.8 Å². The Balaban J connectivity index is 1.54. The molecule has 3 aromatic carbocycles. The van der Waals surface area contributed by atoms with Crippen LogP contribution in [0.3, 0.4) is 0 Å². The Kier molecular flexibility index (Phi) is 8.33. The minimum atomic E-state index is -1.20. The Hall–Kier alpha value is -2.46. The highest BCUT2D eigenvalue weighted by atomic mass is 79.9. The Labute approximate surface area is 246 Å². The Morgan fingerprint density at radius 1 is 0.795 bits per heavy atom. The van der Waals surface area contributed by atoms with Gasteiger partial charge in [-0.15, -0.1) is 23.5 Å². The molecule has 9 heteroatoms. The lowest BCUT2D eigenvalue weighted by Gasteiger charge is -2.51. The molecule has 3 saturated heterocycles. The summed E-state index contributed by atoms with van der Waals surface area (Å²) in [5.74, 6) is 0.545. The number of carbonyl (C=O) groups excluding carboxylic acids is 2. The molecule has 0 aromatic heterocycles. The average molecular weight is 628 g/mol. The smallest absolute Gasteiger partial charge is 0.262 e. The third kappa shape index (κ3) is 5.22. The second-order valence-electron chi connectivity index (χ2n) is 9.74. The van der Waals surface area contributed by atoms with Crippen LogP contribution in [0.5, 0.6) is 5.75 Å². The monoisotopic (exact) mass is 626 g/mol. The number of likely N-dealkylation sites (N-methyl/N-ethyl adjacent to an activating group) is 2. The molecule has 3 aromatic rings. The number of fused-ring (bicyclic) bond motifs is 4. The van der Waals surface area contributed by atoms with Crippen LogP contribution in [0.15, 0.2) is 78.9 Å². The molecule has 0 N–H and O–H groups in total. The van der Waals surface area contributed by atoms with Crippen molar-refractivity contribution in [2.45, 2.75) is 32.7 Å². The fraction of sp³-hybridized carbons (Fsp3) is 0.333. The van der Waals surface area contributed by atoms with Crippen LogP contribution in [-0.4, -0.2) is 59.2 Å². The lowest BCUT2D eigenvalue weighted by Crippen LogP contribution is -2.73. The number of hydrogen-bond acceptors (Lipinski definition) is 6. The van der Waals surface area contributed by atoms with Crippen LogP contribution < -0.4 is 4.74 Å². The predicted molar refractivity (Wildman–Crippen MR) is 161 cm³/mol. The normalized spacial score (nSPS) is 24.7. The number of piperazine rings is 1. The Morgan fingerprint density at radius 2 is 1.38 bits per heavy atom. The average Bonchev–Trinajstić information content (AvgIpc) is 3.13. The number of carbonyl (C=O) groups is 2. The number of halogens is 1. The number of ether oxygens (including phenoxy) is 2. The fourth-order valence-electron chi connectivity index (χ4n) is 5.01. The van der Waals surface area contributed by atoms with Crippen LogP contribution >= 0.6 is 39.5 Å². The van der Waals surface area contributed by atoms with Crippen molar-refractivity contribution < 1.29 is 19.1 Å². The summed E-state index contributed by atoms with van der Waals surface area (Å²) in [7, 11) is 5.14. The first-order chi connectivity index (χ1) is 18.8. The first kappa shape index (κ1) is 28.1. The molecule has 0 spiro atoms. The molecule has 0 radical (unpaired) electrons. The van der Waals surface area contributed by atoms with Gasteiger partial charge in [-0.1, -0.05) is 82.7 Å². The Morgan fingerprint density at radius 3 is 2.03 bits per heavy atom. The van der Waals surface area contributed by atoms with Crippen LogP contribution in [0, 0.1) is 0 Å². The SMILES string of the molecule is COc1ccc(C2SC3(COCc4ccccc4)C(=O)N(C)C(Cc4ccc(CBr)cc4)(S2)C(=O)N3C)cc1. The van der Waals surface area contributed by atoms with E-state index < -0.39 is 9.74 Å². The van der Waals surface area contributed by atoms with Crippen molar-refractivity contribution in [3.05, 3.63) is 101 Å². The van der Waals surface area contributed by atoms with Crippen molar-refractivity contribution >= 4 is 51.3 Å². The number of rotatable bonds is 9. The molecule has 3 aliphatic heterocycles. The number of methoxy groups -OCH3 is 1. The zero-order valence-corrected chi connectivity index (χ0v) is 25.4. The molecule has 3 aliphatic rings.